The molecule has 0 bridgehead atoms. The molecule has 2 aromatic carbocycles. The van der Waals surface area contributed by atoms with E-state index in [1.54, 1.807) is 18.2 Å². The second kappa shape index (κ2) is 9.82. The van der Waals surface area contributed by atoms with Crippen molar-refractivity contribution in [2.24, 2.45) is 0 Å². The molecular weight excluding hydrogens is 411 g/mol. The van der Waals surface area contributed by atoms with Crippen molar-refractivity contribution in [1.29, 1.82) is 0 Å². The van der Waals surface area contributed by atoms with E-state index in [0.29, 0.717) is 5.69 Å². The van der Waals surface area contributed by atoms with E-state index in [0.717, 1.165) is 6.07 Å². The highest BCUT2D eigenvalue weighted by Gasteiger charge is 2.15. The molecule has 0 spiro atoms. The minimum Gasteiger partial charge on any atom is -0.457 e. The molecular formula is C18H14Cl2N2O6. The summed E-state index contributed by atoms with van der Waals surface area (Å²) in [5.74, 6) is -1.83. The van der Waals surface area contributed by atoms with Gasteiger partial charge in [-0.15, -0.1) is 0 Å². The third-order valence-electron chi connectivity index (χ3n) is 3.53. The van der Waals surface area contributed by atoms with Gasteiger partial charge in [0.05, 0.1) is 27.1 Å². The van der Waals surface area contributed by atoms with Gasteiger partial charge in [0.2, 0.25) is 11.7 Å². The van der Waals surface area contributed by atoms with Gasteiger partial charge in [-0.3, -0.25) is 24.5 Å². The highest BCUT2D eigenvalue weighted by molar-refractivity contribution is 6.44. The van der Waals surface area contributed by atoms with E-state index in [4.69, 9.17) is 27.9 Å². The normalized spacial score (nSPS) is 10.2. The number of hydrogen-bond donors (Lipinski definition) is 1. The van der Waals surface area contributed by atoms with Gasteiger partial charge in [-0.2, -0.15) is 0 Å². The summed E-state index contributed by atoms with van der Waals surface area (Å²) in [6.07, 6.45) is -0.446. The van der Waals surface area contributed by atoms with Gasteiger partial charge in [0, 0.05) is 24.1 Å². The molecule has 2 aromatic rings. The SMILES string of the molecule is O=C(CCC(=O)OCC(=O)c1cccc([N+](=O)[O-])c1)Nc1cccc(Cl)c1Cl. The third kappa shape index (κ3) is 6.04. The zero-order chi connectivity index (χ0) is 20.7. The van der Waals surface area contributed by atoms with Crippen LogP contribution in [0.3, 0.4) is 0 Å². The van der Waals surface area contributed by atoms with Gasteiger partial charge in [0.1, 0.15) is 0 Å². The average Bonchev–Trinajstić information content (AvgIpc) is 2.68. The number of ether oxygens (including phenoxy) is 1. The molecule has 0 aromatic heterocycles. The molecule has 28 heavy (non-hydrogen) atoms. The maximum atomic E-state index is 12.0. The van der Waals surface area contributed by atoms with Crippen molar-refractivity contribution in [1.82, 2.24) is 0 Å². The maximum absolute atomic E-state index is 12.0. The monoisotopic (exact) mass is 424 g/mol. The molecule has 0 heterocycles. The smallest absolute Gasteiger partial charge is 0.306 e. The number of carbonyl (C=O) groups is 3. The van der Waals surface area contributed by atoms with Crippen LogP contribution in [0.15, 0.2) is 42.5 Å². The summed E-state index contributed by atoms with van der Waals surface area (Å²) in [7, 11) is 0. The molecule has 0 fully saturated rings. The summed E-state index contributed by atoms with van der Waals surface area (Å²) in [6, 6.07) is 9.81. The van der Waals surface area contributed by atoms with E-state index in [9.17, 15) is 24.5 Å². The second-order valence-corrected chi connectivity index (χ2v) is 6.33. The van der Waals surface area contributed by atoms with Crippen LogP contribution in [0.4, 0.5) is 11.4 Å². The molecule has 0 aliphatic heterocycles. The predicted molar refractivity (Wildman–Crippen MR) is 103 cm³/mol. The number of Topliss-reactive ketones (excluding diaryl/α,β-unsaturated/α-hetero) is 1. The Kier molecular flexibility index (Phi) is 7.48. The van der Waals surface area contributed by atoms with Crippen LogP contribution in [-0.4, -0.2) is 29.2 Å². The first kappa shape index (κ1) is 21.3. The summed E-state index contributed by atoms with van der Waals surface area (Å²) in [6.45, 7) is -0.582. The van der Waals surface area contributed by atoms with Gasteiger partial charge in [-0.1, -0.05) is 41.4 Å². The highest BCUT2D eigenvalue weighted by Crippen LogP contribution is 2.29. The largest absolute Gasteiger partial charge is 0.457 e. The fraction of sp³-hybridized carbons (Fsp3) is 0.167. The van der Waals surface area contributed by atoms with E-state index in [1.165, 1.54) is 18.2 Å². The van der Waals surface area contributed by atoms with Crippen LogP contribution in [0.5, 0.6) is 0 Å². The standard InChI is InChI=1S/C18H14Cl2N2O6/c19-13-5-2-6-14(18(13)20)21-16(24)7-8-17(25)28-10-15(23)11-3-1-4-12(9-11)22(26)27/h1-6,9H,7-8,10H2,(H,21,24). The van der Waals surface area contributed by atoms with Crippen LogP contribution < -0.4 is 5.32 Å². The van der Waals surface area contributed by atoms with Gasteiger partial charge in [0.15, 0.2) is 6.61 Å². The molecule has 0 unspecified atom stereocenters. The zero-order valence-electron chi connectivity index (χ0n) is 14.3. The van der Waals surface area contributed by atoms with Crippen LogP contribution in [-0.2, 0) is 14.3 Å². The number of hydrogen-bond acceptors (Lipinski definition) is 6. The van der Waals surface area contributed by atoms with Gasteiger partial charge in [-0.25, -0.2) is 0 Å². The van der Waals surface area contributed by atoms with Gasteiger partial charge in [-0.05, 0) is 12.1 Å². The number of anilines is 1. The minimum absolute atomic E-state index is 0.0512. The van der Waals surface area contributed by atoms with Crippen molar-refractivity contribution in [3.05, 3.63) is 68.2 Å². The van der Waals surface area contributed by atoms with Crippen LogP contribution in [0.2, 0.25) is 10.0 Å². The number of esters is 1. The van der Waals surface area contributed by atoms with E-state index >= 15 is 0 Å². The van der Waals surface area contributed by atoms with Crippen molar-refractivity contribution in [3.63, 3.8) is 0 Å². The molecule has 2 rings (SSSR count). The number of halogens is 2. The van der Waals surface area contributed by atoms with Crippen LogP contribution >= 0.6 is 23.2 Å². The molecule has 10 heteroatoms. The van der Waals surface area contributed by atoms with Crippen LogP contribution in [0.1, 0.15) is 23.2 Å². The molecule has 0 radical (unpaired) electrons. The second-order valence-electron chi connectivity index (χ2n) is 5.54. The zero-order valence-corrected chi connectivity index (χ0v) is 15.8. The van der Waals surface area contributed by atoms with Crippen molar-refractivity contribution in [3.8, 4) is 0 Å². The Morgan fingerprint density at radius 1 is 1.07 bits per heavy atom. The summed E-state index contributed by atoms with van der Waals surface area (Å²) in [5, 5.41) is 13.7. The van der Waals surface area contributed by atoms with E-state index in [-0.39, 0.29) is 34.1 Å². The van der Waals surface area contributed by atoms with Crippen molar-refractivity contribution >= 4 is 52.2 Å². The lowest BCUT2D eigenvalue weighted by Gasteiger charge is -2.08. The van der Waals surface area contributed by atoms with E-state index in [2.05, 4.69) is 5.32 Å². The number of rotatable bonds is 8. The molecule has 1 N–H and O–H groups in total. The molecule has 0 aliphatic carbocycles. The van der Waals surface area contributed by atoms with E-state index < -0.39 is 29.2 Å². The number of nitro groups is 1. The molecule has 0 atom stereocenters. The quantitative estimate of drug-likeness (QED) is 0.295. The topological polar surface area (TPSA) is 116 Å². The molecule has 0 saturated carbocycles. The maximum Gasteiger partial charge on any atom is 0.306 e. The summed E-state index contributed by atoms with van der Waals surface area (Å²) in [4.78, 5) is 45.7. The molecule has 8 nitrogen and oxygen atoms in total. The number of benzene rings is 2. The Balaban J connectivity index is 1.80. The number of nitrogens with one attached hydrogen (secondary N) is 1. The first-order valence-corrected chi connectivity index (χ1v) is 8.70. The number of non-ortho nitro benzene ring substituents is 1. The Morgan fingerprint density at radius 3 is 2.50 bits per heavy atom. The summed E-state index contributed by atoms with van der Waals surface area (Å²) >= 11 is 11.8. The first-order chi connectivity index (χ1) is 13.3. The van der Waals surface area contributed by atoms with Gasteiger partial charge in [0.25, 0.3) is 5.69 Å². The van der Waals surface area contributed by atoms with Gasteiger partial charge >= 0.3 is 5.97 Å². The molecule has 146 valence electrons. The average molecular weight is 425 g/mol. The summed E-state index contributed by atoms with van der Waals surface area (Å²) in [5.41, 5.74) is 0.122. The Hall–Kier alpha value is -2.97. The van der Waals surface area contributed by atoms with Crippen LogP contribution in [0.25, 0.3) is 0 Å². The Morgan fingerprint density at radius 2 is 1.79 bits per heavy atom. The number of carbonyl (C=O) groups excluding carboxylic acids is 3. The number of amides is 1. The highest BCUT2D eigenvalue weighted by atomic mass is 35.5. The van der Waals surface area contributed by atoms with Crippen LogP contribution in [0, 0.1) is 10.1 Å². The van der Waals surface area contributed by atoms with Crippen molar-refractivity contribution in [2.75, 3.05) is 11.9 Å². The lowest BCUT2D eigenvalue weighted by Crippen LogP contribution is -2.17. The number of nitrogens with zero attached hydrogens (tertiary/aromatic N) is 1. The fourth-order valence-electron chi connectivity index (χ4n) is 2.12. The lowest BCUT2D eigenvalue weighted by molar-refractivity contribution is -0.384. The Bertz CT molecular complexity index is 932. The third-order valence-corrected chi connectivity index (χ3v) is 4.34. The minimum atomic E-state index is -0.758. The van der Waals surface area contributed by atoms with Gasteiger partial charge < -0.3 is 10.1 Å². The van der Waals surface area contributed by atoms with E-state index in [1.807, 2.05) is 0 Å². The molecule has 0 saturated heterocycles. The number of nitro benzene ring substituents is 1. The summed E-state index contributed by atoms with van der Waals surface area (Å²) < 4.78 is 4.82. The first-order valence-electron chi connectivity index (χ1n) is 7.95. The predicted octanol–water partition coefficient (Wildman–Crippen LogP) is 4.05. The van der Waals surface area contributed by atoms with Crippen molar-refractivity contribution < 1.29 is 24.0 Å². The van der Waals surface area contributed by atoms with Crippen molar-refractivity contribution in [2.45, 2.75) is 12.8 Å². The lowest BCUT2D eigenvalue weighted by atomic mass is 10.1. The fourth-order valence-corrected chi connectivity index (χ4v) is 2.47. The molecule has 0 aliphatic rings. The molecule has 1 amide bonds. The number of ketones is 1. The Labute approximate surface area is 169 Å².